The molecule has 0 bridgehead atoms. The molecule has 5 aromatic carbocycles. The summed E-state index contributed by atoms with van der Waals surface area (Å²) in [5.74, 6) is -0.664. The van der Waals surface area contributed by atoms with Crippen molar-refractivity contribution in [1.82, 2.24) is 0 Å². The molecule has 0 N–H and O–H groups in total. The fourth-order valence-corrected chi connectivity index (χ4v) is 6.67. The smallest absolute Gasteiger partial charge is 0.340 e. The van der Waals surface area contributed by atoms with E-state index in [1.165, 1.54) is 18.2 Å². The van der Waals surface area contributed by atoms with Crippen LogP contribution in [0.15, 0.2) is 152 Å². The number of halogens is 2. The zero-order valence-electron chi connectivity index (χ0n) is 29.2. The Labute approximate surface area is 321 Å². The maximum absolute atomic E-state index is 13.6. The van der Waals surface area contributed by atoms with Gasteiger partial charge >= 0.3 is 5.97 Å². The first kappa shape index (κ1) is 38.4. The number of carbonyl (C=O) groups is 1. The van der Waals surface area contributed by atoms with E-state index < -0.39 is 42.6 Å². The first-order valence-electron chi connectivity index (χ1n) is 17.5. The molecule has 1 unspecified atom stereocenters. The highest BCUT2D eigenvalue weighted by Crippen LogP contribution is 2.34. The van der Waals surface area contributed by atoms with Gasteiger partial charge in [0.15, 0.2) is 0 Å². The molecule has 1 saturated heterocycles. The molecule has 6 rings (SSSR count). The Morgan fingerprint density at radius 2 is 1.11 bits per heavy atom. The zero-order valence-corrected chi connectivity index (χ0v) is 30.7. The maximum atomic E-state index is 13.6. The van der Waals surface area contributed by atoms with Crippen LogP contribution in [0.4, 0.5) is 0 Å². The number of carbonyl (C=O) groups excluding carboxylic acids is 1. The molecule has 7 nitrogen and oxygen atoms in total. The third-order valence-electron chi connectivity index (χ3n) is 8.87. The van der Waals surface area contributed by atoms with E-state index in [0.717, 1.165) is 22.3 Å². The van der Waals surface area contributed by atoms with Gasteiger partial charge in [0.25, 0.3) is 0 Å². The van der Waals surface area contributed by atoms with Gasteiger partial charge in [-0.15, -0.1) is 0 Å². The molecule has 0 saturated carbocycles. The highest BCUT2D eigenvalue weighted by Gasteiger charge is 2.51. The van der Waals surface area contributed by atoms with Gasteiger partial charge in [-0.1, -0.05) is 151 Å². The second-order valence-electron chi connectivity index (χ2n) is 12.7. The topological polar surface area (TPSA) is 72.5 Å². The van der Waals surface area contributed by atoms with Crippen LogP contribution in [0.3, 0.4) is 0 Å². The molecule has 1 fully saturated rings. The monoisotopic (exact) mass is 752 g/mol. The lowest BCUT2D eigenvalue weighted by Gasteiger charge is -2.47. The van der Waals surface area contributed by atoms with Gasteiger partial charge in [0, 0.05) is 5.02 Å². The average Bonchev–Trinajstić information content (AvgIpc) is 3.19. The molecule has 53 heavy (non-hydrogen) atoms. The van der Waals surface area contributed by atoms with E-state index in [1.807, 2.05) is 121 Å². The molecule has 0 amide bonds. The molecule has 6 atom stereocenters. The van der Waals surface area contributed by atoms with Gasteiger partial charge in [-0.3, -0.25) is 0 Å². The average molecular weight is 754 g/mol. The van der Waals surface area contributed by atoms with E-state index in [1.54, 1.807) is 6.07 Å². The summed E-state index contributed by atoms with van der Waals surface area (Å²) in [4.78, 5) is 13.6. The highest BCUT2D eigenvalue weighted by atomic mass is 35.5. The summed E-state index contributed by atoms with van der Waals surface area (Å²) in [6, 6.07) is 44.1. The summed E-state index contributed by atoms with van der Waals surface area (Å²) in [6.45, 7) is 5.35. The second kappa shape index (κ2) is 19.7. The molecule has 1 aliphatic heterocycles. The van der Waals surface area contributed by atoms with Crippen LogP contribution in [0, 0.1) is 0 Å². The van der Waals surface area contributed by atoms with Crippen molar-refractivity contribution in [2.45, 2.75) is 63.1 Å². The Hall–Kier alpha value is -4.31. The van der Waals surface area contributed by atoms with Crippen molar-refractivity contribution in [3.05, 3.63) is 190 Å². The van der Waals surface area contributed by atoms with Gasteiger partial charge < -0.3 is 28.4 Å². The van der Waals surface area contributed by atoms with Gasteiger partial charge in [-0.05, 0) is 46.5 Å². The van der Waals surface area contributed by atoms with Crippen LogP contribution in [0.1, 0.15) is 32.6 Å². The lowest BCUT2D eigenvalue weighted by molar-refractivity contribution is -0.283. The van der Waals surface area contributed by atoms with Crippen molar-refractivity contribution in [2.75, 3.05) is 6.61 Å². The van der Waals surface area contributed by atoms with Crippen molar-refractivity contribution in [1.29, 1.82) is 0 Å². The van der Waals surface area contributed by atoms with E-state index in [4.69, 9.17) is 51.6 Å². The fourth-order valence-electron chi connectivity index (χ4n) is 6.18. The molecule has 5 aromatic rings. The molecule has 9 heteroatoms. The first-order chi connectivity index (χ1) is 26.0. The van der Waals surface area contributed by atoms with Crippen LogP contribution in [-0.4, -0.2) is 49.2 Å². The standard InChI is InChI=1S/C44H42Cl2O7/c1-2-38(53-44(47)36-24-23-35(45)25-37(36)46)41-43(51-29-34-21-13-6-14-22-34)42(50-28-33-19-11-5-12-20-33)40(49-27-32-17-9-4-10-18-32)39(52-41)30-48-26-31-15-7-3-8-16-31/h2-25,38-43H,1,26-30H2/t38?,39-,40-,41+,42+,43+/m1/s1. The lowest BCUT2D eigenvalue weighted by atomic mass is 9.91. The molecule has 274 valence electrons. The van der Waals surface area contributed by atoms with Crippen LogP contribution in [0.25, 0.3) is 0 Å². The first-order valence-corrected chi connectivity index (χ1v) is 18.3. The minimum absolute atomic E-state index is 0.155. The third-order valence-corrected chi connectivity index (χ3v) is 9.42. The maximum Gasteiger partial charge on any atom is 0.340 e. The Kier molecular flexibility index (Phi) is 14.3. The Bertz CT molecular complexity index is 1860. The fraction of sp³-hybridized carbons (Fsp3) is 0.250. The van der Waals surface area contributed by atoms with Crippen molar-refractivity contribution >= 4 is 29.2 Å². The van der Waals surface area contributed by atoms with Crippen LogP contribution >= 0.6 is 23.2 Å². The van der Waals surface area contributed by atoms with Gasteiger partial charge in [0.05, 0.1) is 43.6 Å². The van der Waals surface area contributed by atoms with E-state index in [9.17, 15) is 4.79 Å². The summed E-state index contributed by atoms with van der Waals surface area (Å²) in [5.41, 5.74) is 4.08. The largest absolute Gasteiger partial charge is 0.452 e. The van der Waals surface area contributed by atoms with Gasteiger partial charge in [-0.2, -0.15) is 0 Å². The normalized spacial score (nSPS) is 20.4. The van der Waals surface area contributed by atoms with Gasteiger partial charge in [-0.25, -0.2) is 4.79 Å². The highest BCUT2D eigenvalue weighted by molar-refractivity contribution is 6.36. The molecular weight excluding hydrogens is 711 g/mol. The minimum Gasteiger partial charge on any atom is -0.452 e. The number of esters is 1. The number of ether oxygens (including phenoxy) is 6. The SMILES string of the molecule is C=CC(OC(=O)c1ccc(Cl)cc1Cl)[C@@H]1O[C@H](COCc2ccccc2)[C@@H](OCc2ccccc2)[C@H](OCc2ccccc2)[C@H]1OCc1ccccc1. The van der Waals surface area contributed by atoms with Gasteiger partial charge in [0.1, 0.15) is 36.6 Å². The summed E-state index contributed by atoms with van der Waals surface area (Å²) in [7, 11) is 0. The predicted molar refractivity (Wildman–Crippen MR) is 206 cm³/mol. The molecule has 0 radical (unpaired) electrons. The van der Waals surface area contributed by atoms with Crippen LogP contribution < -0.4 is 0 Å². The number of hydrogen-bond donors (Lipinski definition) is 0. The lowest BCUT2D eigenvalue weighted by Crippen LogP contribution is -2.64. The Balaban J connectivity index is 1.36. The summed E-state index contributed by atoms with van der Waals surface area (Å²) in [6.07, 6.45) is -3.14. The van der Waals surface area contributed by atoms with E-state index >= 15 is 0 Å². The predicted octanol–water partition coefficient (Wildman–Crippen LogP) is 9.45. The summed E-state index contributed by atoms with van der Waals surface area (Å²) in [5, 5.41) is 0.562. The minimum atomic E-state index is -0.982. The van der Waals surface area contributed by atoms with Crippen LogP contribution in [0.5, 0.6) is 0 Å². The van der Waals surface area contributed by atoms with Crippen molar-refractivity contribution in [2.24, 2.45) is 0 Å². The van der Waals surface area contributed by atoms with Crippen molar-refractivity contribution in [3.8, 4) is 0 Å². The Morgan fingerprint density at radius 1 is 0.642 bits per heavy atom. The quantitative estimate of drug-likeness (QED) is 0.0692. The van der Waals surface area contributed by atoms with E-state index in [2.05, 4.69) is 6.58 Å². The van der Waals surface area contributed by atoms with Gasteiger partial charge in [0.2, 0.25) is 0 Å². The molecule has 0 spiro atoms. The van der Waals surface area contributed by atoms with E-state index in [0.29, 0.717) is 18.2 Å². The number of rotatable bonds is 17. The molecular formula is C44H42Cl2O7. The summed E-state index contributed by atoms with van der Waals surface area (Å²) < 4.78 is 39.6. The molecule has 0 aliphatic carbocycles. The zero-order chi connectivity index (χ0) is 36.8. The van der Waals surface area contributed by atoms with Crippen molar-refractivity contribution < 1.29 is 33.2 Å². The van der Waals surface area contributed by atoms with E-state index in [-0.39, 0.29) is 30.4 Å². The number of hydrogen-bond acceptors (Lipinski definition) is 7. The summed E-state index contributed by atoms with van der Waals surface area (Å²) >= 11 is 12.5. The molecule has 1 heterocycles. The number of benzene rings is 5. The Morgan fingerprint density at radius 3 is 1.60 bits per heavy atom. The van der Waals surface area contributed by atoms with Crippen molar-refractivity contribution in [3.63, 3.8) is 0 Å². The molecule has 0 aromatic heterocycles. The van der Waals surface area contributed by atoms with Crippen LogP contribution in [-0.2, 0) is 54.8 Å². The third kappa shape index (κ3) is 10.9. The van der Waals surface area contributed by atoms with Crippen LogP contribution in [0.2, 0.25) is 10.0 Å². The molecule has 1 aliphatic rings. The second-order valence-corrected chi connectivity index (χ2v) is 13.5.